The zero-order chi connectivity index (χ0) is 14.0. The summed E-state index contributed by atoms with van der Waals surface area (Å²) < 4.78 is 13.6. The zero-order valence-electron chi connectivity index (χ0n) is 11.4. The first-order valence-corrected chi connectivity index (χ1v) is 6.61. The molecule has 0 aromatic heterocycles. The number of hydrogen-bond acceptors (Lipinski definition) is 2. The molecular weight excluding hydrogens is 245 g/mol. The number of aromatic carboxylic acids is 1. The number of carboxylic acids is 1. The molecule has 19 heavy (non-hydrogen) atoms. The Hall–Kier alpha value is -1.42. The van der Waals surface area contributed by atoms with E-state index in [-0.39, 0.29) is 5.56 Å². The Morgan fingerprint density at radius 2 is 2.21 bits per heavy atom. The molecule has 0 spiro atoms. The molecule has 0 bridgehead atoms. The third-order valence-electron chi connectivity index (χ3n) is 3.65. The van der Waals surface area contributed by atoms with Crippen molar-refractivity contribution in [2.45, 2.75) is 33.2 Å². The van der Waals surface area contributed by atoms with Crippen LogP contribution < -0.4 is 0 Å². The van der Waals surface area contributed by atoms with Crippen molar-refractivity contribution < 1.29 is 14.3 Å². The van der Waals surface area contributed by atoms with Crippen LogP contribution in [0.25, 0.3) is 0 Å². The number of piperidine rings is 1. The number of likely N-dealkylation sites (tertiary alicyclic amines) is 1. The lowest BCUT2D eigenvalue weighted by atomic mass is 9.84. The highest BCUT2D eigenvalue weighted by Crippen LogP contribution is 2.29. The molecular formula is C15H20FNO2. The Morgan fingerprint density at radius 3 is 2.79 bits per heavy atom. The number of rotatable bonds is 3. The first kappa shape index (κ1) is 14.0. The van der Waals surface area contributed by atoms with Crippen molar-refractivity contribution in [2.24, 2.45) is 5.41 Å². The molecule has 1 aliphatic rings. The summed E-state index contributed by atoms with van der Waals surface area (Å²) in [5.41, 5.74) is 0.876. The van der Waals surface area contributed by atoms with Crippen molar-refractivity contribution in [3.05, 3.63) is 35.1 Å². The zero-order valence-corrected chi connectivity index (χ0v) is 11.4. The van der Waals surface area contributed by atoms with Crippen molar-refractivity contribution >= 4 is 5.97 Å². The molecule has 0 radical (unpaired) electrons. The van der Waals surface area contributed by atoms with Gasteiger partial charge in [-0.05, 0) is 42.5 Å². The van der Waals surface area contributed by atoms with Gasteiger partial charge in [0.05, 0.1) is 5.56 Å². The number of carboxylic acid groups (broad SMARTS) is 1. The molecule has 1 aromatic rings. The summed E-state index contributed by atoms with van der Waals surface area (Å²) in [7, 11) is 0. The topological polar surface area (TPSA) is 40.5 Å². The van der Waals surface area contributed by atoms with E-state index in [1.165, 1.54) is 18.6 Å². The Labute approximate surface area is 113 Å². The number of carbonyl (C=O) groups is 1. The Morgan fingerprint density at radius 1 is 1.47 bits per heavy atom. The first-order valence-electron chi connectivity index (χ1n) is 6.61. The maximum Gasteiger partial charge on any atom is 0.338 e. The van der Waals surface area contributed by atoms with Gasteiger partial charge in [-0.2, -0.15) is 0 Å². The third-order valence-corrected chi connectivity index (χ3v) is 3.65. The number of benzene rings is 1. The van der Waals surface area contributed by atoms with E-state index in [1.807, 2.05) is 0 Å². The van der Waals surface area contributed by atoms with Crippen molar-refractivity contribution in [1.29, 1.82) is 0 Å². The molecule has 4 heteroatoms. The van der Waals surface area contributed by atoms with E-state index >= 15 is 0 Å². The van der Waals surface area contributed by atoms with Gasteiger partial charge in [0, 0.05) is 13.1 Å². The summed E-state index contributed by atoms with van der Waals surface area (Å²) in [5, 5.41) is 8.80. The standard InChI is InChI=1S/C15H20FNO2/c1-15(2)6-3-7-17(10-15)9-11-4-5-12(14(18)19)13(16)8-11/h4-5,8H,3,6-7,9-10H2,1-2H3,(H,18,19). The van der Waals surface area contributed by atoms with Crippen molar-refractivity contribution in [3.63, 3.8) is 0 Å². The molecule has 1 saturated heterocycles. The van der Waals surface area contributed by atoms with E-state index in [2.05, 4.69) is 18.7 Å². The minimum Gasteiger partial charge on any atom is -0.478 e. The van der Waals surface area contributed by atoms with Crippen LogP contribution >= 0.6 is 0 Å². The molecule has 0 atom stereocenters. The van der Waals surface area contributed by atoms with Gasteiger partial charge in [-0.25, -0.2) is 9.18 Å². The molecule has 1 fully saturated rings. The van der Waals surface area contributed by atoms with Crippen LogP contribution in [0, 0.1) is 11.2 Å². The molecule has 0 unspecified atom stereocenters. The van der Waals surface area contributed by atoms with E-state index in [0.717, 1.165) is 25.1 Å². The van der Waals surface area contributed by atoms with Crippen LogP contribution in [0.1, 0.15) is 42.6 Å². The average Bonchev–Trinajstić information content (AvgIpc) is 2.27. The molecule has 1 aliphatic heterocycles. The Balaban J connectivity index is 2.07. The second kappa shape index (κ2) is 5.29. The average molecular weight is 265 g/mol. The smallest absolute Gasteiger partial charge is 0.338 e. The van der Waals surface area contributed by atoms with E-state index in [9.17, 15) is 9.18 Å². The van der Waals surface area contributed by atoms with Gasteiger partial charge < -0.3 is 5.11 Å². The summed E-state index contributed by atoms with van der Waals surface area (Å²) in [6.07, 6.45) is 2.37. The second-order valence-corrected chi connectivity index (χ2v) is 6.10. The van der Waals surface area contributed by atoms with Gasteiger partial charge in [0.2, 0.25) is 0 Å². The van der Waals surface area contributed by atoms with Crippen LogP contribution in [-0.4, -0.2) is 29.1 Å². The number of halogens is 1. The minimum absolute atomic E-state index is 0.261. The first-order chi connectivity index (χ1) is 8.87. The minimum atomic E-state index is -1.22. The van der Waals surface area contributed by atoms with Crippen molar-refractivity contribution in [3.8, 4) is 0 Å². The summed E-state index contributed by atoms with van der Waals surface area (Å²) in [4.78, 5) is 13.1. The number of nitrogens with zero attached hydrogens (tertiary/aromatic N) is 1. The van der Waals surface area contributed by atoms with E-state index in [0.29, 0.717) is 12.0 Å². The molecule has 0 amide bonds. The summed E-state index contributed by atoms with van der Waals surface area (Å²) in [5.74, 6) is -1.87. The van der Waals surface area contributed by atoms with E-state index < -0.39 is 11.8 Å². The van der Waals surface area contributed by atoms with Crippen LogP contribution in [0.15, 0.2) is 18.2 Å². The van der Waals surface area contributed by atoms with Gasteiger partial charge in [-0.3, -0.25) is 4.90 Å². The molecule has 1 aromatic carbocycles. The molecule has 0 aliphatic carbocycles. The molecule has 1 N–H and O–H groups in total. The predicted molar refractivity (Wildman–Crippen MR) is 71.7 cm³/mol. The van der Waals surface area contributed by atoms with Crippen LogP contribution in [0.4, 0.5) is 4.39 Å². The van der Waals surface area contributed by atoms with Crippen LogP contribution in [-0.2, 0) is 6.54 Å². The summed E-state index contributed by atoms with van der Waals surface area (Å²) >= 11 is 0. The molecule has 0 saturated carbocycles. The molecule has 104 valence electrons. The fourth-order valence-corrected chi connectivity index (χ4v) is 2.77. The SMILES string of the molecule is CC1(C)CCCN(Cc2ccc(C(=O)O)c(F)c2)C1. The third kappa shape index (κ3) is 3.53. The fraction of sp³-hybridized carbons (Fsp3) is 0.533. The van der Waals surface area contributed by atoms with E-state index in [4.69, 9.17) is 5.11 Å². The lowest BCUT2D eigenvalue weighted by Gasteiger charge is -2.38. The quantitative estimate of drug-likeness (QED) is 0.912. The van der Waals surface area contributed by atoms with Crippen LogP contribution in [0.5, 0.6) is 0 Å². The molecule has 1 heterocycles. The molecule has 2 rings (SSSR count). The number of hydrogen-bond donors (Lipinski definition) is 1. The highest BCUT2D eigenvalue weighted by Gasteiger charge is 2.26. The fourth-order valence-electron chi connectivity index (χ4n) is 2.77. The van der Waals surface area contributed by atoms with Crippen LogP contribution in [0.2, 0.25) is 0 Å². The monoisotopic (exact) mass is 265 g/mol. The maximum atomic E-state index is 13.6. The summed E-state index contributed by atoms with van der Waals surface area (Å²) in [6, 6.07) is 4.39. The van der Waals surface area contributed by atoms with Gasteiger partial charge in [0.15, 0.2) is 0 Å². The van der Waals surface area contributed by atoms with Gasteiger partial charge in [-0.1, -0.05) is 19.9 Å². The lowest BCUT2D eigenvalue weighted by Crippen LogP contribution is -2.39. The largest absolute Gasteiger partial charge is 0.478 e. The van der Waals surface area contributed by atoms with E-state index in [1.54, 1.807) is 6.07 Å². The lowest BCUT2D eigenvalue weighted by molar-refractivity contribution is 0.0692. The van der Waals surface area contributed by atoms with Gasteiger partial charge in [0.1, 0.15) is 5.82 Å². The summed E-state index contributed by atoms with van der Waals surface area (Å²) in [6.45, 7) is 7.18. The maximum absolute atomic E-state index is 13.6. The van der Waals surface area contributed by atoms with Crippen molar-refractivity contribution in [2.75, 3.05) is 13.1 Å². The normalized spacial score (nSPS) is 19.3. The van der Waals surface area contributed by atoms with Crippen LogP contribution in [0.3, 0.4) is 0 Å². The highest BCUT2D eigenvalue weighted by atomic mass is 19.1. The van der Waals surface area contributed by atoms with Gasteiger partial charge in [-0.15, -0.1) is 0 Å². The van der Waals surface area contributed by atoms with Gasteiger partial charge in [0.25, 0.3) is 0 Å². The van der Waals surface area contributed by atoms with Gasteiger partial charge >= 0.3 is 5.97 Å². The predicted octanol–water partition coefficient (Wildman–Crippen LogP) is 3.15. The van der Waals surface area contributed by atoms with Crippen molar-refractivity contribution in [1.82, 2.24) is 4.90 Å². The Kier molecular flexibility index (Phi) is 3.90. The Bertz CT molecular complexity index is 485. The molecule has 3 nitrogen and oxygen atoms in total. The second-order valence-electron chi connectivity index (χ2n) is 6.10. The highest BCUT2D eigenvalue weighted by molar-refractivity contribution is 5.87.